The number of benzene rings is 1. The first-order valence-electron chi connectivity index (χ1n) is 11.7. The number of aliphatic hydroxyl groups is 5. The number of nitrogens with zero attached hydrogens (tertiary/aromatic N) is 4. The predicted octanol–water partition coefficient (Wildman–Crippen LogP) is 1.09. The molecule has 1 aliphatic carbocycles. The van der Waals surface area contributed by atoms with Crippen LogP contribution in [0.25, 0.3) is 16.8 Å². The van der Waals surface area contributed by atoms with E-state index < -0.39 is 74.1 Å². The average Bonchev–Trinajstić information content (AvgIpc) is 3.51. The van der Waals surface area contributed by atoms with Crippen molar-refractivity contribution in [2.45, 2.75) is 42.8 Å². The van der Waals surface area contributed by atoms with Crippen LogP contribution in [-0.4, -0.2) is 91.9 Å². The summed E-state index contributed by atoms with van der Waals surface area (Å²) in [5, 5.41) is 56.1. The van der Waals surface area contributed by atoms with E-state index in [4.69, 9.17) is 21.1 Å². The normalized spacial score (nSPS) is 26.4. The van der Waals surface area contributed by atoms with Crippen LogP contribution < -0.4 is 5.32 Å². The standard InChI is InChI=1S/C22H24ClFN5O10P/c1-22(7-30,40(35,36)37)38-6-12-15(32)17(34)20(39-12)29-19-11(5-25-29)18(27-21(23)28-19)26-13-10-4-8(24)2-3-9(10)14(31)16(13)33/h2-5,12-13,15,17,20,30-34H,6-7H2,1H3,(H,26,27,28)(H2,35,36,37)/t12-,13-,15-,17-,20-,22?/m1/s1. The lowest BCUT2D eigenvalue weighted by molar-refractivity contribution is -0.104. The van der Waals surface area contributed by atoms with Crippen molar-refractivity contribution in [3.63, 3.8) is 0 Å². The van der Waals surface area contributed by atoms with Crippen molar-refractivity contribution < 1.29 is 53.7 Å². The van der Waals surface area contributed by atoms with Crippen LogP contribution in [0.15, 0.2) is 30.2 Å². The molecule has 3 heterocycles. The number of nitrogens with one attached hydrogen (secondary N) is 1. The maximum atomic E-state index is 13.9. The van der Waals surface area contributed by atoms with Crippen LogP contribution in [0.4, 0.5) is 10.2 Å². The summed E-state index contributed by atoms with van der Waals surface area (Å²) in [5.41, 5.74) is 0.459. The number of halogens is 2. The Hall–Kier alpha value is -2.92. The molecule has 0 radical (unpaired) electrons. The van der Waals surface area contributed by atoms with Crippen molar-refractivity contribution in [1.29, 1.82) is 0 Å². The summed E-state index contributed by atoms with van der Waals surface area (Å²) in [7, 11) is -4.92. The monoisotopic (exact) mass is 603 g/mol. The van der Waals surface area contributed by atoms with Crippen molar-refractivity contribution in [1.82, 2.24) is 19.7 Å². The molecule has 15 nitrogen and oxygen atoms in total. The minimum Gasteiger partial charge on any atom is -0.506 e. The quantitative estimate of drug-likeness (QED) is 0.133. The molecule has 2 aromatic heterocycles. The van der Waals surface area contributed by atoms with Gasteiger partial charge in [-0.1, -0.05) is 0 Å². The van der Waals surface area contributed by atoms with Gasteiger partial charge in [-0.25, -0.2) is 9.07 Å². The zero-order valence-corrected chi connectivity index (χ0v) is 22.1. The van der Waals surface area contributed by atoms with E-state index in [0.29, 0.717) is 0 Å². The molecule has 1 aromatic carbocycles. The lowest BCUT2D eigenvalue weighted by atomic mass is 10.1. The molecule has 1 fully saturated rings. The smallest absolute Gasteiger partial charge is 0.359 e. The second-order valence-corrected chi connectivity index (χ2v) is 11.8. The highest BCUT2D eigenvalue weighted by molar-refractivity contribution is 7.53. The Morgan fingerprint density at radius 2 is 1.98 bits per heavy atom. The summed E-state index contributed by atoms with van der Waals surface area (Å²) < 4.78 is 37.6. The van der Waals surface area contributed by atoms with E-state index in [0.717, 1.165) is 23.7 Å². The first kappa shape index (κ1) is 28.6. The summed E-state index contributed by atoms with van der Waals surface area (Å²) in [6.45, 7) is -0.644. The molecule has 6 atom stereocenters. The Labute approximate surface area is 229 Å². The summed E-state index contributed by atoms with van der Waals surface area (Å²) in [4.78, 5) is 27.2. The average molecular weight is 604 g/mol. The summed E-state index contributed by atoms with van der Waals surface area (Å²) >= 11 is 6.13. The van der Waals surface area contributed by atoms with E-state index in [1.807, 2.05) is 0 Å². The lowest BCUT2D eigenvalue weighted by Crippen LogP contribution is -2.39. The van der Waals surface area contributed by atoms with Crippen LogP contribution >= 0.6 is 19.2 Å². The Morgan fingerprint density at radius 1 is 1.25 bits per heavy atom. The second kappa shape index (κ2) is 10.2. The maximum absolute atomic E-state index is 13.9. The van der Waals surface area contributed by atoms with Gasteiger partial charge in [0.2, 0.25) is 5.28 Å². The van der Waals surface area contributed by atoms with Crippen LogP contribution in [0.2, 0.25) is 5.28 Å². The Balaban J connectivity index is 1.43. The van der Waals surface area contributed by atoms with Crippen LogP contribution in [0.5, 0.6) is 0 Å². The molecule has 0 saturated carbocycles. The summed E-state index contributed by atoms with van der Waals surface area (Å²) in [6.07, 6.45) is -4.57. The van der Waals surface area contributed by atoms with Crippen molar-refractivity contribution in [2.75, 3.05) is 18.5 Å². The number of ether oxygens (including phenoxy) is 2. The van der Waals surface area contributed by atoms with E-state index in [2.05, 4.69) is 20.4 Å². The molecule has 5 rings (SSSR count). The molecule has 216 valence electrons. The van der Waals surface area contributed by atoms with Crippen LogP contribution in [0, 0.1) is 5.82 Å². The lowest BCUT2D eigenvalue weighted by Gasteiger charge is -2.29. The molecule has 1 unspecified atom stereocenters. The van der Waals surface area contributed by atoms with Gasteiger partial charge in [-0.3, -0.25) is 4.57 Å². The van der Waals surface area contributed by atoms with E-state index in [1.165, 1.54) is 12.3 Å². The number of hydrogen-bond acceptors (Lipinski definition) is 12. The highest BCUT2D eigenvalue weighted by atomic mass is 35.5. The summed E-state index contributed by atoms with van der Waals surface area (Å²) in [5.74, 6) is -1.51. The van der Waals surface area contributed by atoms with Gasteiger partial charge in [0.25, 0.3) is 0 Å². The van der Waals surface area contributed by atoms with Crippen LogP contribution in [-0.2, 0) is 14.0 Å². The molecule has 40 heavy (non-hydrogen) atoms. The first-order chi connectivity index (χ1) is 18.8. The third-order valence-electron chi connectivity index (χ3n) is 6.85. The number of aliphatic hydroxyl groups excluding tert-OH is 5. The number of fused-ring (bicyclic) bond motifs is 2. The van der Waals surface area contributed by atoms with Crippen molar-refractivity contribution in [3.05, 3.63) is 52.4 Å². The highest BCUT2D eigenvalue weighted by Gasteiger charge is 2.49. The third kappa shape index (κ3) is 4.70. The minimum atomic E-state index is -4.92. The molecule has 8 N–H and O–H groups in total. The fourth-order valence-corrected chi connectivity index (χ4v) is 5.03. The molecular formula is C22H24ClFN5O10P. The Bertz CT molecular complexity index is 1550. The SMILES string of the molecule is CC(CO)(OC[C@H]1O[C@@H](n2ncc3c(N[C@H]4C(O)=C(O)c5ccc(F)cc54)nc(Cl)nc32)[C@H](O)[C@@H]1O)P(=O)(O)O. The predicted molar refractivity (Wildman–Crippen MR) is 135 cm³/mol. The van der Waals surface area contributed by atoms with Gasteiger partial charge in [0.1, 0.15) is 36.0 Å². The summed E-state index contributed by atoms with van der Waals surface area (Å²) in [6, 6.07) is 2.47. The molecule has 0 amide bonds. The zero-order valence-electron chi connectivity index (χ0n) is 20.5. The van der Waals surface area contributed by atoms with Crippen molar-refractivity contribution >= 4 is 41.8 Å². The largest absolute Gasteiger partial charge is 0.506 e. The molecule has 1 saturated heterocycles. The van der Waals surface area contributed by atoms with Crippen molar-refractivity contribution in [3.8, 4) is 0 Å². The van der Waals surface area contributed by atoms with Gasteiger partial charge in [-0.15, -0.1) is 0 Å². The van der Waals surface area contributed by atoms with Crippen LogP contribution in [0.1, 0.15) is 30.3 Å². The van der Waals surface area contributed by atoms with Crippen molar-refractivity contribution in [2.24, 2.45) is 0 Å². The van der Waals surface area contributed by atoms with Gasteiger partial charge in [-0.05, 0) is 42.3 Å². The number of anilines is 1. The van der Waals surface area contributed by atoms with Gasteiger partial charge in [-0.2, -0.15) is 15.1 Å². The number of rotatable bonds is 8. The fraction of sp³-hybridized carbons (Fsp3) is 0.409. The van der Waals surface area contributed by atoms with E-state index >= 15 is 0 Å². The number of aromatic nitrogens is 4. The molecule has 2 aliphatic rings. The van der Waals surface area contributed by atoms with Gasteiger partial charge >= 0.3 is 7.60 Å². The number of hydrogen-bond donors (Lipinski definition) is 8. The van der Waals surface area contributed by atoms with Gasteiger partial charge in [0, 0.05) is 5.56 Å². The van der Waals surface area contributed by atoms with Gasteiger partial charge in [0.15, 0.2) is 28.7 Å². The van der Waals surface area contributed by atoms with E-state index in [1.54, 1.807) is 0 Å². The molecule has 3 aromatic rings. The highest BCUT2D eigenvalue weighted by Crippen LogP contribution is 2.51. The second-order valence-electron chi connectivity index (χ2n) is 9.44. The third-order valence-corrected chi connectivity index (χ3v) is 8.52. The minimum absolute atomic E-state index is 0.0147. The fourth-order valence-electron chi connectivity index (χ4n) is 4.44. The molecule has 0 bridgehead atoms. The topological polar surface area (TPSA) is 233 Å². The van der Waals surface area contributed by atoms with Crippen LogP contribution in [0.3, 0.4) is 0 Å². The molecule has 1 aliphatic heterocycles. The van der Waals surface area contributed by atoms with Gasteiger partial charge < -0.3 is 50.1 Å². The maximum Gasteiger partial charge on any atom is 0.359 e. The zero-order chi connectivity index (χ0) is 29.1. The van der Waals surface area contributed by atoms with E-state index in [9.17, 15) is 44.3 Å². The Kier molecular flexibility index (Phi) is 7.27. The first-order valence-corrected chi connectivity index (χ1v) is 13.7. The Morgan fingerprint density at radius 3 is 2.65 bits per heavy atom. The van der Waals surface area contributed by atoms with Gasteiger partial charge in [0.05, 0.1) is 24.8 Å². The van der Waals surface area contributed by atoms with E-state index in [-0.39, 0.29) is 33.3 Å². The molecule has 18 heteroatoms. The molecular weight excluding hydrogens is 580 g/mol. The molecule has 0 spiro atoms.